The van der Waals surface area contributed by atoms with Gasteiger partial charge in [0.2, 0.25) is 5.91 Å². The van der Waals surface area contributed by atoms with Crippen LogP contribution in [0.2, 0.25) is 5.02 Å². The van der Waals surface area contributed by atoms with Gasteiger partial charge in [-0.05, 0) is 37.8 Å². The van der Waals surface area contributed by atoms with Crippen molar-refractivity contribution in [1.29, 1.82) is 0 Å². The number of amides is 3. The average Bonchev–Trinajstić information content (AvgIpc) is 2.78. The van der Waals surface area contributed by atoms with Crippen molar-refractivity contribution in [2.45, 2.75) is 39.7 Å². The summed E-state index contributed by atoms with van der Waals surface area (Å²) in [5.41, 5.74) is 9.49. The molecule has 15 heteroatoms. The molecule has 3 amide bonds. The molecule has 1 aliphatic carbocycles. The number of ether oxygens (including phenoxy) is 3. The zero-order valence-corrected chi connectivity index (χ0v) is 22.8. The Balaban J connectivity index is 1.99. The van der Waals surface area contributed by atoms with Crippen molar-refractivity contribution >= 4 is 39.9 Å². The maximum atomic E-state index is 12.8. The Bertz CT molecular complexity index is 1120. The van der Waals surface area contributed by atoms with Crippen molar-refractivity contribution in [2.24, 2.45) is 28.7 Å². The summed E-state index contributed by atoms with van der Waals surface area (Å²) >= 11 is 6.09. The molecule has 1 fully saturated rings. The summed E-state index contributed by atoms with van der Waals surface area (Å²) < 4.78 is 50.3. The highest BCUT2D eigenvalue weighted by molar-refractivity contribution is 7.81. The predicted molar refractivity (Wildman–Crippen MR) is 131 cm³/mol. The molecule has 13 nitrogen and oxygen atoms in total. The molecular weight excluding hydrogens is 534 g/mol. The third-order valence-electron chi connectivity index (χ3n) is 5.91. The van der Waals surface area contributed by atoms with Gasteiger partial charge >= 0.3 is 22.4 Å². The van der Waals surface area contributed by atoms with Crippen LogP contribution in [0, 0.1) is 17.3 Å². The number of halogens is 1. The number of carbonyl (C=O) groups is 3. The van der Waals surface area contributed by atoms with Crippen LogP contribution < -0.4 is 20.9 Å². The van der Waals surface area contributed by atoms with E-state index in [1.165, 1.54) is 33.3 Å². The summed E-state index contributed by atoms with van der Waals surface area (Å²) in [5, 5.41) is 0.656. The molecule has 2 rings (SSSR count). The van der Waals surface area contributed by atoms with Crippen LogP contribution in [0.15, 0.2) is 12.1 Å². The Morgan fingerprint density at radius 1 is 1.14 bits per heavy atom. The predicted octanol–water partition coefficient (Wildman–Crippen LogP) is 2.01. The third-order valence-corrected chi connectivity index (χ3v) is 6.95. The van der Waals surface area contributed by atoms with Crippen molar-refractivity contribution in [1.82, 2.24) is 5.06 Å². The highest BCUT2D eigenvalue weighted by Gasteiger charge is 2.41. The number of nitrogens with zero attached hydrogens (tertiary/aromatic N) is 1. The molecular formula is C22H32ClN3O10S. The smallest absolute Gasteiger partial charge is 0.421 e. The van der Waals surface area contributed by atoms with Gasteiger partial charge in [-0.3, -0.25) is 4.79 Å². The molecule has 4 N–H and O–H groups in total. The van der Waals surface area contributed by atoms with Gasteiger partial charge in [-0.2, -0.15) is 13.5 Å². The summed E-state index contributed by atoms with van der Waals surface area (Å²) in [6, 6.07) is 1.06. The van der Waals surface area contributed by atoms with Gasteiger partial charge in [0.05, 0.1) is 38.5 Å². The second-order valence-corrected chi connectivity index (χ2v) is 11.0. The number of primary amides is 2. The van der Waals surface area contributed by atoms with Gasteiger partial charge in [-0.15, -0.1) is 4.28 Å². The first-order valence-electron chi connectivity index (χ1n) is 11.2. The highest BCUT2D eigenvalue weighted by atomic mass is 35.5. The van der Waals surface area contributed by atoms with Crippen LogP contribution in [0.25, 0.3) is 0 Å². The van der Waals surface area contributed by atoms with Crippen molar-refractivity contribution < 1.29 is 45.5 Å². The van der Waals surface area contributed by atoms with Crippen LogP contribution in [0.3, 0.4) is 0 Å². The molecule has 37 heavy (non-hydrogen) atoms. The van der Waals surface area contributed by atoms with Crippen LogP contribution in [-0.2, 0) is 28.4 Å². The fraction of sp³-hybridized carbons (Fsp3) is 0.591. The molecule has 1 aliphatic rings. The largest absolute Gasteiger partial charge is 0.496 e. The Labute approximate surface area is 220 Å². The SMILES string of the molecule is COc1ccc(Cl)c(OC)c1C(=O)OCC(C)(C)COS(=O)(=O)ON(C(N)=O)[C@@H](C)[C@H]1C[C@H](C(N)=O)C1. The molecule has 0 heterocycles. The Morgan fingerprint density at radius 2 is 1.76 bits per heavy atom. The molecule has 1 aromatic carbocycles. The van der Waals surface area contributed by atoms with Gasteiger partial charge in [0.25, 0.3) is 0 Å². The second-order valence-electron chi connectivity index (χ2n) is 9.38. The van der Waals surface area contributed by atoms with E-state index in [2.05, 4.69) is 0 Å². The van der Waals surface area contributed by atoms with Crippen LogP contribution in [-0.4, -0.2) is 64.9 Å². The first-order valence-corrected chi connectivity index (χ1v) is 12.9. The molecule has 0 spiro atoms. The summed E-state index contributed by atoms with van der Waals surface area (Å²) in [7, 11) is -2.04. The van der Waals surface area contributed by atoms with Gasteiger partial charge in [-0.1, -0.05) is 25.4 Å². The maximum Gasteiger partial charge on any atom is 0.421 e. The molecule has 0 radical (unpaired) electrons. The zero-order valence-electron chi connectivity index (χ0n) is 21.2. The average molecular weight is 566 g/mol. The third kappa shape index (κ3) is 7.84. The molecule has 0 bridgehead atoms. The van der Waals surface area contributed by atoms with Crippen LogP contribution >= 0.6 is 11.6 Å². The topological polar surface area (TPSA) is 187 Å². The van der Waals surface area contributed by atoms with E-state index in [9.17, 15) is 22.8 Å². The molecule has 1 atom stereocenters. The number of methoxy groups -OCH3 is 2. The number of hydroxylamine groups is 2. The van der Waals surface area contributed by atoms with Crippen LogP contribution in [0.4, 0.5) is 4.79 Å². The fourth-order valence-corrected chi connectivity index (χ4v) is 4.76. The molecule has 1 saturated carbocycles. The van der Waals surface area contributed by atoms with Gasteiger partial charge in [0.1, 0.15) is 11.3 Å². The van der Waals surface area contributed by atoms with E-state index in [0.717, 1.165) is 0 Å². The number of benzene rings is 1. The number of esters is 1. The van der Waals surface area contributed by atoms with Gasteiger partial charge in [0.15, 0.2) is 5.75 Å². The second kappa shape index (κ2) is 12.2. The van der Waals surface area contributed by atoms with E-state index in [1.54, 1.807) is 13.8 Å². The van der Waals surface area contributed by atoms with E-state index in [-0.39, 0.29) is 40.5 Å². The van der Waals surface area contributed by atoms with Gasteiger partial charge < -0.3 is 25.7 Å². The number of hydrogen-bond acceptors (Lipinski definition) is 10. The summed E-state index contributed by atoms with van der Waals surface area (Å²) in [6.45, 7) is 3.95. The van der Waals surface area contributed by atoms with Crippen LogP contribution in [0.1, 0.15) is 44.0 Å². The lowest BCUT2D eigenvalue weighted by molar-refractivity contribution is -0.130. The first-order chi connectivity index (χ1) is 17.1. The minimum atomic E-state index is -4.73. The van der Waals surface area contributed by atoms with E-state index in [4.69, 9.17) is 45.7 Å². The van der Waals surface area contributed by atoms with Crippen molar-refractivity contribution in [2.75, 3.05) is 27.4 Å². The number of hydrogen-bond donors (Lipinski definition) is 2. The summed E-state index contributed by atoms with van der Waals surface area (Å²) in [5.74, 6) is -1.65. The molecule has 0 aromatic heterocycles. The molecule has 1 aromatic rings. The lowest BCUT2D eigenvalue weighted by atomic mass is 9.71. The Kier molecular flexibility index (Phi) is 9.99. The normalized spacial score (nSPS) is 18.3. The van der Waals surface area contributed by atoms with Gasteiger partial charge in [-0.25, -0.2) is 13.8 Å². The zero-order chi connectivity index (χ0) is 28.1. The minimum absolute atomic E-state index is 0.0363. The molecule has 208 valence electrons. The number of nitrogens with two attached hydrogens (primary N) is 2. The summed E-state index contributed by atoms with van der Waals surface area (Å²) in [4.78, 5) is 35.8. The Morgan fingerprint density at radius 3 is 2.27 bits per heavy atom. The molecule has 0 aliphatic heterocycles. The lowest BCUT2D eigenvalue weighted by Gasteiger charge is -2.40. The van der Waals surface area contributed by atoms with E-state index in [1.807, 2.05) is 0 Å². The van der Waals surface area contributed by atoms with Gasteiger partial charge in [0, 0.05) is 11.3 Å². The minimum Gasteiger partial charge on any atom is -0.496 e. The number of rotatable bonds is 13. The van der Waals surface area contributed by atoms with E-state index >= 15 is 0 Å². The van der Waals surface area contributed by atoms with E-state index in [0.29, 0.717) is 17.9 Å². The molecule has 0 saturated heterocycles. The number of carbonyl (C=O) groups excluding carboxylic acids is 3. The highest BCUT2D eigenvalue weighted by Crippen LogP contribution is 2.38. The van der Waals surface area contributed by atoms with Crippen molar-refractivity contribution in [3.05, 3.63) is 22.7 Å². The summed E-state index contributed by atoms with van der Waals surface area (Å²) in [6.07, 6.45) is 0.732. The Hall–Kier alpha value is -2.81. The number of urea groups is 1. The quantitative estimate of drug-likeness (QED) is 0.264. The van der Waals surface area contributed by atoms with E-state index < -0.39 is 46.4 Å². The fourth-order valence-electron chi connectivity index (χ4n) is 3.61. The standard InChI is InChI=1S/C22H32ClN3O10S/c1-12(13-8-14(9-13)19(24)27)26(21(25)29)36-37(30,31)35-11-22(2,3)10-34-20(28)17-16(32-4)7-6-15(23)18(17)33-5/h6-7,12-14H,8-11H2,1-5H3,(H2,24,27)(H2,25,29)/t12-,13-,14-/m0/s1. The molecule has 0 unspecified atom stereocenters. The lowest BCUT2D eigenvalue weighted by Crippen LogP contribution is -2.51. The van der Waals surface area contributed by atoms with Crippen molar-refractivity contribution in [3.8, 4) is 11.5 Å². The first kappa shape index (κ1) is 30.4. The maximum absolute atomic E-state index is 12.8. The monoisotopic (exact) mass is 565 g/mol. The van der Waals surface area contributed by atoms with Crippen molar-refractivity contribution in [3.63, 3.8) is 0 Å². The van der Waals surface area contributed by atoms with Crippen LogP contribution in [0.5, 0.6) is 11.5 Å².